The number of hydrogen-bond acceptors (Lipinski definition) is 2. The summed E-state index contributed by atoms with van der Waals surface area (Å²) >= 11 is 0. The molecule has 4 nitrogen and oxygen atoms in total. The Morgan fingerprint density at radius 3 is 2.30 bits per heavy atom. The predicted octanol–water partition coefficient (Wildman–Crippen LogP) is 2.43. The fourth-order valence-electron chi connectivity index (χ4n) is 2.85. The summed E-state index contributed by atoms with van der Waals surface area (Å²) in [7, 11) is 1.89. The standard InChI is InChI=1S/C16H28N2O2/c1-17(13-14-9-10-14)15(19)7-6-8-16(20)18-11-4-2-3-5-12-18/h14H,2-13H2,1H3. The van der Waals surface area contributed by atoms with Crippen LogP contribution in [-0.2, 0) is 9.59 Å². The van der Waals surface area contributed by atoms with Crippen LogP contribution in [0.15, 0.2) is 0 Å². The van der Waals surface area contributed by atoms with Gasteiger partial charge in [-0.1, -0.05) is 12.8 Å². The van der Waals surface area contributed by atoms with Crippen LogP contribution in [0.1, 0.15) is 57.8 Å². The van der Waals surface area contributed by atoms with Gasteiger partial charge in [-0.2, -0.15) is 0 Å². The Kier molecular flexibility index (Phi) is 5.86. The molecule has 0 bridgehead atoms. The van der Waals surface area contributed by atoms with Crippen molar-refractivity contribution in [3.8, 4) is 0 Å². The van der Waals surface area contributed by atoms with Gasteiger partial charge in [-0.15, -0.1) is 0 Å². The minimum Gasteiger partial charge on any atom is -0.345 e. The van der Waals surface area contributed by atoms with Gasteiger partial charge in [0.15, 0.2) is 0 Å². The fourth-order valence-corrected chi connectivity index (χ4v) is 2.85. The van der Waals surface area contributed by atoms with E-state index in [2.05, 4.69) is 0 Å². The second-order valence-corrected chi connectivity index (χ2v) is 6.37. The van der Waals surface area contributed by atoms with E-state index in [1.165, 1.54) is 25.7 Å². The molecule has 0 spiro atoms. The number of carbonyl (C=O) groups excluding carboxylic acids is 2. The summed E-state index contributed by atoms with van der Waals surface area (Å²) in [5.74, 6) is 1.17. The molecule has 1 aliphatic heterocycles. The Morgan fingerprint density at radius 2 is 1.70 bits per heavy atom. The highest BCUT2D eigenvalue weighted by Crippen LogP contribution is 2.29. The highest BCUT2D eigenvalue weighted by Gasteiger charge is 2.24. The molecule has 0 atom stereocenters. The van der Waals surface area contributed by atoms with Crippen LogP contribution < -0.4 is 0 Å². The molecule has 0 aromatic rings. The molecule has 114 valence electrons. The van der Waals surface area contributed by atoms with E-state index in [9.17, 15) is 9.59 Å². The molecule has 2 rings (SSSR count). The quantitative estimate of drug-likeness (QED) is 0.750. The third-order valence-electron chi connectivity index (χ3n) is 4.39. The fraction of sp³-hybridized carbons (Fsp3) is 0.875. The highest BCUT2D eigenvalue weighted by atomic mass is 16.2. The van der Waals surface area contributed by atoms with E-state index in [1.54, 1.807) is 0 Å². The van der Waals surface area contributed by atoms with Crippen molar-refractivity contribution in [2.24, 2.45) is 5.92 Å². The van der Waals surface area contributed by atoms with E-state index in [1.807, 2.05) is 16.8 Å². The van der Waals surface area contributed by atoms with Gasteiger partial charge in [0, 0.05) is 39.5 Å². The van der Waals surface area contributed by atoms with Crippen molar-refractivity contribution in [3.05, 3.63) is 0 Å². The van der Waals surface area contributed by atoms with Crippen LogP contribution in [-0.4, -0.2) is 48.3 Å². The highest BCUT2D eigenvalue weighted by molar-refractivity contribution is 5.79. The van der Waals surface area contributed by atoms with E-state index in [-0.39, 0.29) is 11.8 Å². The Balaban J connectivity index is 1.61. The van der Waals surface area contributed by atoms with Crippen LogP contribution in [0.5, 0.6) is 0 Å². The molecule has 1 heterocycles. The smallest absolute Gasteiger partial charge is 0.222 e. The molecule has 4 heteroatoms. The van der Waals surface area contributed by atoms with Gasteiger partial charge in [0.1, 0.15) is 0 Å². The molecule has 0 aromatic carbocycles. The molecule has 2 fully saturated rings. The Labute approximate surface area is 122 Å². The summed E-state index contributed by atoms with van der Waals surface area (Å²) < 4.78 is 0. The third kappa shape index (κ3) is 5.14. The minimum atomic E-state index is 0.195. The largest absolute Gasteiger partial charge is 0.345 e. The summed E-state index contributed by atoms with van der Waals surface area (Å²) in [6.45, 7) is 2.72. The topological polar surface area (TPSA) is 40.6 Å². The van der Waals surface area contributed by atoms with E-state index in [0.717, 1.165) is 38.4 Å². The first kappa shape index (κ1) is 15.3. The maximum atomic E-state index is 12.1. The average Bonchev–Trinajstić information content (AvgIpc) is 3.24. The second-order valence-electron chi connectivity index (χ2n) is 6.37. The van der Waals surface area contributed by atoms with Crippen molar-refractivity contribution < 1.29 is 9.59 Å². The first-order valence-corrected chi connectivity index (χ1v) is 8.18. The number of amides is 2. The van der Waals surface area contributed by atoms with Crippen molar-refractivity contribution in [2.45, 2.75) is 57.8 Å². The van der Waals surface area contributed by atoms with Gasteiger partial charge in [-0.3, -0.25) is 9.59 Å². The van der Waals surface area contributed by atoms with Crippen LogP contribution >= 0.6 is 0 Å². The van der Waals surface area contributed by atoms with Gasteiger partial charge in [-0.25, -0.2) is 0 Å². The van der Waals surface area contributed by atoms with Crippen LogP contribution in [0.3, 0.4) is 0 Å². The molecule has 2 aliphatic rings. The van der Waals surface area contributed by atoms with Gasteiger partial charge in [-0.05, 0) is 38.0 Å². The average molecular weight is 280 g/mol. The summed E-state index contributed by atoms with van der Waals surface area (Å²) in [6, 6.07) is 0. The van der Waals surface area contributed by atoms with Gasteiger partial charge >= 0.3 is 0 Å². The van der Waals surface area contributed by atoms with E-state index in [4.69, 9.17) is 0 Å². The Hall–Kier alpha value is -1.06. The maximum Gasteiger partial charge on any atom is 0.222 e. The zero-order valence-electron chi connectivity index (χ0n) is 12.8. The first-order valence-electron chi connectivity index (χ1n) is 8.18. The maximum absolute atomic E-state index is 12.1. The molecule has 0 aromatic heterocycles. The van der Waals surface area contributed by atoms with Crippen molar-refractivity contribution in [1.29, 1.82) is 0 Å². The number of hydrogen-bond donors (Lipinski definition) is 0. The predicted molar refractivity (Wildman–Crippen MR) is 79.3 cm³/mol. The molecule has 0 radical (unpaired) electrons. The van der Waals surface area contributed by atoms with Crippen LogP contribution in [0, 0.1) is 5.92 Å². The van der Waals surface area contributed by atoms with Gasteiger partial charge in [0.05, 0.1) is 0 Å². The summed E-state index contributed by atoms with van der Waals surface area (Å²) in [5, 5.41) is 0. The molecule has 20 heavy (non-hydrogen) atoms. The van der Waals surface area contributed by atoms with E-state index < -0.39 is 0 Å². The summed E-state index contributed by atoms with van der Waals surface area (Å²) in [5.41, 5.74) is 0. The summed E-state index contributed by atoms with van der Waals surface area (Å²) in [4.78, 5) is 27.8. The third-order valence-corrected chi connectivity index (χ3v) is 4.39. The van der Waals surface area contributed by atoms with Crippen LogP contribution in [0.25, 0.3) is 0 Å². The van der Waals surface area contributed by atoms with E-state index >= 15 is 0 Å². The van der Waals surface area contributed by atoms with Crippen molar-refractivity contribution in [1.82, 2.24) is 9.80 Å². The Morgan fingerprint density at radius 1 is 1.05 bits per heavy atom. The first-order chi connectivity index (χ1) is 9.66. The monoisotopic (exact) mass is 280 g/mol. The minimum absolute atomic E-state index is 0.195. The molecule has 2 amide bonds. The van der Waals surface area contributed by atoms with Crippen LogP contribution in [0.2, 0.25) is 0 Å². The lowest BCUT2D eigenvalue weighted by molar-refractivity contribution is -0.132. The van der Waals surface area contributed by atoms with Crippen molar-refractivity contribution in [2.75, 3.05) is 26.7 Å². The van der Waals surface area contributed by atoms with Crippen molar-refractivity contribution >= 4 is 11.8 Å². The number of likely N-dealkylation sites (tertiary alicyclic amines) is 1. The van der Waals surface area contributed by atoms with Gasteiger partial charge in [0.2, 0.25) is 11.8 Å². The SMILES string of the molecule is CN(CC1CC1)C(=O)CCCC(=O)N1CCCCCC1. The normalized spacial score (nSPS) is 19.6. The Bertz CT molecular complexity index is 331. The molecule has 0 N–H and O–H groups in total. The van der Waals surface area contributed by atoms with Gasteiger partial charge in [0.25, 0.3) is 0 Å². The van der Waals surface area contributed by atoms with E-state index in [0.29, 0.717) is 19.3 Å². The number of nitrogens with zero attached hydrogens (tertiary/aromatic N) is 2. The molecular weight excluding hydrogens is 252 g/mol. The molecule has 1 saturated heterocycles. The molecule has 1 aliphatic carbocycles. The lowest BCUT2D eigenvalue weighted by Gasteiger charge is -2.20. The van der Waals surface area contributed by atoms with Crippen molar-refractivity contribution in [3.63, 3.8) is 0 Å². The zero-order chi connectivity index (χ0) is 14.4. The number of carbonyl (C=O) groups is 2. The number of rotatable bonds is 6. The lowest BCUT2D eigenvalue weighted by Crippen LogP contribution is -2.32. The molecule has 1 saturated carbocycles. The molecular formula is C16H28N2O2. The summed E-state index contributed by atoms with van der Waals surface area (Å²) in [6.07, 6.45) is 9.04. The molecule has 0 unspecified atom stereocenters. The lowest BCUT2D eigenvalue weighted by atomic mass is 10.2. The van der Waals surface area contributed by atoms with Gasteiger partial charge < -0.3 is 9.80 Å². The second kappa shape index (κ2) is 7.65. The zero-order valence-corrected chi connectivity index (χ0v) is 12.8. The van der Waals surface area contributed by atoms with Crippen LogP contribution in [0.4, 0.5) is 0 Å².